The van der Waals surface area contributed by atoms with Crippen molar-refractivity contribution in [3.05, 3.63) is 69.6 Å². The number of pyridine rings is 1. The van der Waals surface area contributed by atoms with Crippen molar-refractivity contribution in [2.24, 2.45) is 0 Å². The number of ether oxygens (including phenoxy) is 1. The number of carbonyl (C=O) groups excluding carboxylic acids is 1. The van der Waals surface area contributed by atoms with Gasteiger partial charge in [0.2, 0.25) is 0 Å². The summed E-state index contributed by atoms with van der Waals surface area (Å²) in [6.45, 7) is 5.03. The molecule has 0 aliphatic carbocycles. The lowest BCUT2D eigenvalue weighted by Crippen LogP contribution is -2.42. The molecule has 1 amide bonds. The number of benzene rings is 1. The Labute approximate surface area is 141 Å². The molecule has 2 heterocycles. The van der Waals surface area contributed by atoms with Crippen LogP contribution in [-0.2, 0) is 11.3 Å². The molecule has 1 aliphatic heterocycles. The molecule has 1 aromatic heterocycles. The predicted octanol–water partition coefficient (Wildman–Crippen LogP) is 2.11. The summed E-state index contributed by atoms with van der Waals surface area (Å²) in [5.41, 5.74) is 2.07. The molecule has 2 unspecified atom stereocenters. The molecule has 1 saturated heterocycles. The second-order valence-electron chi connectivity index (χ2n) is 6.29. The van der Waals surface area contributed by atoms with E-state index < -0.39 is 0 Å². The molecule has 5 heteroatoms. The first kappa shape index (κ1) is 16.5. The average molecular weight is 326 g/mol. The van der Waals surface area contributed by atoms with E-state index >= 15 is 0 Å². The van der Waals surface area contributed by atoms with Gasteiger partial charge in [0, 0.05) is 12.8 Å². The van der Waals surface area contributed by atoms with E-state index in [0.717, 1.165) is 17.5 Å². The second-order valence-corrected chi connectivity index (χ2v) is 6.29. The number of aryl methyl sites for hydroxylation is 1. The van der Waals surface area contributed by atoms with Crippen molar-refractivity contribution in [1.29, 1.82) is 0 Å². The van der Waals surface area contributed by atoms with Crippen molar-refractivity contribution in [3.8, 4) is 0 Å². The summed E-state index contributed by atoms with van der Waals surface area (Å²) in [6, 6.07) is 11.3. The van der Waals surface area contributed by atoms with Crippen molar-refractivity contribution >= 4 is 5.91 Å². The van der Waals surface area contributed by atoms with Crippen LogP contribution in [0.15, 0.2) is 47.4 Å². The molecule has 24 heavy (non-hydrogen) atoms. The molecular formula is C19H22N2O3. The smallest absolute Gasteiger partial charge is 0.263 e. The van der Waals surface area contributed by atoms with Crippen molar-refractivity contribution < 1.29 is 9.53 Å². The zero-order valence-electron chi connectivity index (χ0n) is 14.0. The van der Waals surface area contributed by atoms with Crippen LogP contribution < -0.4 is 10.9 Å². The minimum Gasteiger partial charge on any atom is -0.376 e. The Morgan fingerprint density at radius 1 is 1.33 bits per heavy atom. The number of nitrogens with zero attached hydrogens (tertiary/aromatic N) is 1. The van der Waals surface area contributed by atoms with Crippen LogP contribution in [0.3, 0.4) is 0 Å². The van der Waals surface area contributed by atoms with Crippen molar-refractivity contribution in [2.75, 3.05) is 6.61 Å². The molecule has 1 N–H and O–H groups in total. The maximum Gasteiger partial charge on any atom is 0.263 e. The van der Waals surface area contributed by atoms with Gasteiger partial charge in [-0.1, -0.05) is 29.8 Å². The summed E-state index contributed by atoms with van der Waals surface area (Å²) in [5, 5.41) is 2.91. The Morgan fingerprint density at radius 2 is 2.17 bits per heavy atom. The van der Waals surface area contributed by atoms with E-state index in [-0.39, 0.29) is 29.2 Å². The molecular weight excluding hydrogens is 304 g/mol. The lowest BCUT2D eigenvalue weighted by atomic mass is 10.1. The largest absolute Gasteiger partial charge is 0.376 e. The van der Waals surface area contributed by atoms with Crippen LogP contribution >= 0.6 is 0 Å². The van der Waals surface area contributed by atoms with Gasteiger partial charge in [0.1, 0.15) is 5.56 Å². The van der Waals surface area contributed by atoms with E-state index in [1.165, 1.54) is 0 Å². The van der Waals surface area contributed by atoms with Gasteiger partial charge in [-0.25, -0.2) is 0 Å². The van der Waals surface area contributed by atoms with Crippen LogP contribution in [0.25, 0.3) is 0 Å². The van der Waals surface area contributed by atoms with Crippen LogP contribution in [0.1, 0.15) is 34.8 Å². The quantitative estimate of drug-likeness (QED) is 0.936. The highest BCUT2D eigenvalue weighted by Gasteiger charge is 2.26. The number of nitrogens with one attached hydrogen (secondary N) is 1. The Morgan fingerprint density at radius 3 is 2.88 bits per heavy atom. The van der Waals surface area contributed by atoms with Gasteiger partial charge in [-0.3, -0.25) is 9.59 Å². The van der Waals surface area contributed by atoms with Gasteiger partial charge in [0.15, 0.2) is 0 Å². The van der Waals surface area contributed by atoms with Crippen LogP contribution in [-0.4, -0.2) is 29.2 Å². The van der Waals surface area contributed by atoms with Crippen molar-refractivity contribution in [2.45, 2.75) is 39.0 Å². The maximum atomic E-state index is 12.6. The van der Waals surface area contributed by atoms with Crippen LogP contribution in [0.2, 0.25) is 0 Å². The Hall–Kier alpha value is -2.40. The summed E-state index contributed by atoms with van der Waals surface area (Å²) in [6.07, 6.45) is 2.46. The van der Waals surface area contributed by atoms with Gasteiger partial charge >= 0.3 is 0 Å². The van der Waals surface area contributed by atoms with E-state index in [1.54, 1.807) is 22.9 Å². The van der Waals surface area contributed by atoms with Crippen LogP contribution in [0, 0.1) is 6.92 Å². The van der Waals surface area contributed by atoms with Gasteiger partial charge in [0.05, 0.1) is 18.7 Å². The van der Waals surface area contributed by atoms with Gasteiger partial charge in [-0.15, -0.1) is 0 Å². The van der Waals surface area contributed by atoms with E-state index in [4.69, 9.17) is 4.74 Å². The lowest BCUT2D eigenvalue weighted by molar-refractivity contribution is 0.0864. The summed E-state index contributed by atoms with van der Waals surface area (Å²) in [4.78, 5) is 25.1. The number of aromatic nitrogens is 1. The fourth-order valence-corrected chi connectivity index (χ4v) is 3.01. The lowest BCUT2D eigenvalue weighted by Gasteiger charge is -2.16. The normalized spacial score (nSPS) is 20.1. The number of hydrogen-bond acceptors (Lipinski definition) is 3. The highest BCUT2D eigenvalue weighted by molar-refractivity contribution is 5.94. The molecule has 5 nitrogen and oxygen atoms in total. The standard InChI is InChI=1S/C19H22N2O3/c1-13-5-3-6-15(11-13)12-21-9-4-7-16(19(21)23)18(22)20-17-8-10-24-14(17)2/h3-7,9,11,14,17H,8,10,12H2,1-2H3,(H,20,22). The monoisotopic (exact) mass is 326 g/mol. The van der Waals surface area contributed by atoms with Crippen molar-refractivity contribution in [3.63, 3.8) is 0 Å². The van der Waals surface area contributed by atoms with E-state index in [1.807, 2.05) is 38.1 Å². The van der Waals surface area contributed by atoms with Gasteiger partial charge in [0.25, 0.3) is 11.5 Å². The molecule has 0 bridgehead atoms. The average Bonchev–Trinajstić information content (AvgIpc) is 2.94. The number of amides is 1. The Kier molecular flexibility index (Phi) is 4.81. The second kappa shape index (κ2) is 7.01. The van der Waals surface area contributed by atoms with Gasteiger partial charge < -0.3 is 14.6 Å². The van der Waals surface area contributed by atoms with Crippen molar-refractivity contribution in [1.82, 2.24) is 9.88 Å². The Bertz CT molecular complexity index is 797. The molecule has 1 aliphatic rings. The zero-order chi connectivity index (χ0) is 17.1. The third-order valence-electron chi connectivity index (χ3n) is 4.39. The number of hydrogen-bond donors (Lipinski definition) is 1. The molecule has 0 radical (unpaired) electrons. The SMILES string of the molecule is Cc1cccc(Cn2cccc(C(=O)NC3CCOC3C)c2=O)c1. The molecule has 1 fully saturated rings. The third kappa shape index (κ3) is 3.57. The Balaban J connectivity index is 1.80. The minimum atomic E-state index is -0.332. The molecule has 2 atom stereocenters. The summed E-state index contributed by atoms with van der Waals surface area (Å²) in [5.74, 6) is -0.332. The molecule has 0 spiro atoms. The first-order chi connectivity index (χ1) is 11.5. The maximum absolute atomic E-state index is 12.6. The zero-order valence-corrected chi connectivity index (χ0v) is 14.0. The highest BCUT2D eigenvalue weighted by atomic mass is 16.5. The molecule has 1 aromatic carbocycles. The molecule has 0 saturated carbocycles. The van der Waals surface area contributed by atoms with Crippen LogP contribution in [0.5, 0.6) is 0 Å². The fraction of sp³-hybridized carbons (Fsp3) is 0.368. The molecule has 2 aromatic rings. The predicted molar refractivity (Wildman–Crippen MR) is 92.3 cm³/mol. The molecule has 3 rings (SSSR count). The van der Waals surface area contributed by atoms with E-state index in [0.29, 0.717) is 13.2 Å². The van der Waals surface area contributed by atoms with Gasteiger partial charge in [-0.05, 0) is 38.0 Å². The summed E-state index contributed by atoms with van der Waals surface area (Å²) >= 11 is 0. The van der Waals surface area contributed by atoms with E-state index in [9.17, 15) is 9.59 Å². The topological polar surface area (TPSA) is 60.3 Å². The first-order valence-electron chi connectivity index (χ1n) is 8.22. The highest BCUT2D eigenvalue weighted by Crippen LogP contribution is 2.13. The minimum absolute atomic E-state index is 0.0211. The fourth-order valence-electron chi connectivity index (χ4n) is 3.01. The summed E-state index contributed by atoms with van der Waals surface area (Å²) in [7, 11) is 0. The third-order valence-corrected chi connectivity index (χ3v) is 4.39. The summed E-state index contributed by atoms with van der Waals surface area (Å²) < 4.78 is 7.02. The van der Waals surface area contributed by atoms with E-state index in [2.05, 4.69) is 5.32 Å². The number of carbonyl (C=O) groups is 1. The van der Waals surface area contributed by atoms with Crippen LogP contribution in [0.4, 0.5) is 0 Å². The molecule has 126 valence electrons. The number of rotatable bonds is 4. The van der Waals surface area contributed by atoms with Gasteiger partial charge in [-0.2, -0.15) is 0 Å². The first-order valence-corrected chi connectivity index (χ1v) is 8.22.